The number of benzene rings is 2. The maximum Gasteiger partial charge on any atom is 0.348 e. The van der Waals surface area contributed by atoms with Crippen LogP contribution in [0.15, 0.2) is 57.7 Å². The van der Waals surface area contributed by atoms with Gasteiger partial charge in [0.1, 0.15) is 16.8 Å². The molecule has 0 spiro atoms. The highest BCUT2D eigenvalue weighted by molar-refractivity contribution is 6.31. The molecular weight excluding hydrogens is 412 g/mol. The smallest absolute Gasteiger partial charge is 0.348 e. The van der Waals surface area contributed by atoms with Gasteiger partial charge in [0.2, 0.25) is 0 Å². The maximum atomic E-state index is 13.5. The first-order chi connectivity index (χ1) is 14.4. The molecule has 5 rings (SSSR count). The van der Waals surface area contributed by atoms with Gasteiger partial charge in [-0.15, -0.1) is 0 Å². The van der Waals surface area contributed by atoms with E-state index in [0.717, 1.165) is 5.56 Å². The van der Waals surface area contributed by atoms with Crippen molar-refractivity contribution in [2.45, 2.75) is 18.9 Å². The molecule has 0 N–H and O–H groups in total. The molecule has 0 unspecified atom stereocenters. The van der Waals surface area contributed by atoms with Gasteiger partial charge in [0.05, 0.1) is 6.54 Å². The summed E-state index contributed by atoms with van der Waals surface area (Å²) in [5.41, 5.74) is 2.40. The molecule has 1 aliphatic rings. The molecule has 3 heterocycles. The molecule has 0 atom stereocenters. The predicted molar refractivity (Wildman–Crippen MR) is 112 cm³/mol. The fourth-order valence-corrected chi connectivity index (χ4v) is 4.20. The molecule has 8 heteroatoms. The second-order valence-electron chi connectivity index (χ2n) is 7.56. The van der Waals surface area contributed by atoms with Crippen LogP contribution in [0.25, 0.3) is 33.3 Å². The molecule has 2 aromatic heterocycles. The van der Waals surface area contributed by atoms with Crippen molar-refractivity contribution in [3.63, 3.8) is 0 Å². The van der Waals surface area contributed by atoms with Crippen LogP contribution in [0.3, 0.4) is 0 Å². The molecule has 1 saturated heterocycles. The van der Waals surface area contributed by atoms with Crippen molar-refractivity contribution in [3.8, 4) is 11.3 Å². The largest absolute Gasteiger partial charge is 0.452 e. The Labute approximate surface area is 175 Å². The average molecular weight is 430 g/mol. The molecular formula is C22H18ClF2N3O2. The summed E-state index contributed by atoms with van der Waals surface area (Å²) in [5.74, 6) is -2.68. The van der Waals surface area contributed by atoms with Crippen molar-refractivity contribution in [2.75, 3.05) is 19.6 Å². The van der Waals surface area contributed by atoms with Gasteiger partial charge in [0.15, 0.2) is 5.58 Å². The van der Waals surface area contributed by atoms with Crippen LogP contribution in [0, 0.1) is 0 Å². The fraction of sp³-hybridized carbons (Fsp3) is 0.273. The Morgan fingerprint density at radius 3 is 2.67 bits per heavy atom. The number of likely N-dealkylation sites (tertiary alicyclic amines) is 1. The molecule has 1 fully saturated rings. The number of fused-ring (bicyclic) bond motifs is 3. The van der Waals surface area contributed by atoms with Crippen LogP contribution in [0.5, 0.6) is 0 Å². The first kappa shape index (κ1) is 19.2. The van der Waals surface area contributed by atoms with Crippen LogP contribution >= 0.6 is 11.6 Å². The Balaban J connectivity index is 1.67. The predicted octanol–water partition coefficient (Wildman–Crippen LogP) is 4.80. The Hall–Kier alpha value is -2.77. The standard InChI is InChI=1S/C22H18ClF2N3O2/c23-15-6-7-17-16(12-15)19-20(30-17)18(14-4-2-1-3-5-14)26-21(29)28(19)11-10-27-9-8-22(24,25)13-27/h1-7,12H,8-11,13H2. The lowest BCUT2D eigenvalue weighted by molar-refractivity contribution is 0.0120. The Morgan fingerprint density at radius 1 is 1.13 bits per heavy atom. The number of hydrogen-bond donors (Lipinski definition) is 0. The van der Waals surface area contributed by atoms with E-state index in [2.05, 4.69) is 4.98 Å². The number of furan rings is 1. The van der Waals surface area contributed by atoms with Crippen LogP contribution in [0.4, 0.5) is 8.78 Å². The van der Waals surface area contributed by atoms with Gasteiger partial charge in [-0.1, -0.05) is 41.9 Å². The first-order valence-corrected chi connectivity index (χ1v) is 10.1. The second-order valence-corrected chi connectivity index (χ2v) is 8.00. The summed E-state index contributed by atoms with van der Waals surface area (Å²) in [4.78, 5) is 18.9. The van der Waals surface area contributed by atoms with Gasteiger partial charge in [-0.2, -0.15) is 4.98 Å². The molecule has 30 heavy (non-hydrogen) atoms. The van der Waals surface area contributed by atoms with Gasteiger partial charge in [-0.3, -0.25) is 9.47 Å². The molecule has 0 saturated carbocycles. The third kappa shape index (κ3) is 3.38. The number of nitrogens with zero attached hydrogens (tertiary/aromatic N) is 3. The topological polar surface area (TPSA) is 51.3 Å². The number of rotatable bonds is 4. The summed E-state index contributed by atoms with van der Waals surface area (Å²) >= 11 is 6.20. The number of alkyl halides is 2. The van der Waals surface area contributed by atoms with Gasteiger partial charge < -0.3 is 4.42 Å². The van der Waals surface area contributed by atoms with E-state index >= 15 is 0 Å². The van der Waals surface area contributed by atoms with Crippen molar-refractivity contribution >= 4 is 33.7 Å². The van der Waals surface area contributed by atoms with Crippen LogP contribution in [0.2, 0.25) is 5.02 Å². The first-order valence-electron chi connectivity index (χ1n) is 9.69. The molecule has 0 bridgehead atoms. The summed E-state index contributed by atoms with van der Waals surface area (Å²) < 4.78 is 34.7. The van der Waals surface area contributed by atoms with E-state index in [4.69, 9.17) is 16.0 Å². The van der Waals surface area contributed by atoms with E-state index in [1.54, 1.807) is 23.1 Å². The zero-order chi connectivity index (χ0) is 20.9. The molecule has 0 radical (unpaired) electrons. The van der Waals surface area contributed by atoms with Crippen LogP contribution in [-0.2, 0) is 6.54 Å². The van der Waals surface area contributed by atoms with Gasteiger partial charge >= 0.3 is 5.69 Å². The minimum absolute atomic E-state index is 0.160. The summed E-state index contributed by atoms with van der Waals surface area (Å²) in [5, 5.41) is 1.21. The number of hydrogen-bond acceptors (Lipinski definition) is 4. The number of halogens is 3. The van der Waals surface area contributed by atoms with Gasteiger partial charge in [-0.05, 0) is 18.2 Å². The van der Waals surface area contributed by atoms with Gasteiger partial charge in [-0.25, -0.2) is 13.6 Å². The highest BCUT2D eigenvalue weighted by Gasteiger charge is 2.37. The summed E-state index contributed by atoms with van der Waals surface area (Å²) in [6, 6.07) is 14.5. The van der Waals surface area contributed by atoms with E-state index in [9.17, 15) is 13.6 Å². The Bertz CT molecular complexity index is 1300. The third-order valence-electron chi connectivity index (χ3n) is 5.48. The zero-order valence-electron chi connectivity index (χ0n) is 15.9. The molecule has 0 amide bonds. The van der Waals surface area contributed by atoms with Crippen molar-refractivity contribution in [1.29, 1.82) is 0 Å². The molecule has 5 nitrogen and oxygen atoms in total. The van der Waals surface area contributed by atoms with E-state index in [0.29, 0.717) is 45.9 Å². The molecule has 2 aromatic carbocycles. The lowest BCUT2D eigenvalue weighted by atomic mass is 10.1. The lowest BCUT2D eigenvalue weighted by Crippen LogP contribution is -2.32. The minimum Gasteiger partial charge on any atom is -0.452 e. The van der Waals surface area contributed by atoms with Crippen molar-refractivity contribution < 1.29 is 13.2 Å². The number of aromatic nitrogens is 2. The van der Waals surface area contributed by atoms with Crippen LogP contribution in [0.1, 0.15) is 6.42 Å². The minimum atomic E-state index is -2.68. The highest BCUT2D eigenvalue weighted by Crippen LogP contribution is 2.35. The second kappa shape index (κ2) is 7.18. The van der Waals surface area contributed by atoms with Crippen molar-refractivity contribution in [1.82, 2.24) is 14.5 Å². The Kier molecular flexibility index (Phi) is 4.60. The molecule has 154 valence electrons. The SMILES string of the molecule is O=c1nc(-c2ccccc2)c2oc3ccc(Cl)cc3c2n1CCN1CCC(F)(F)C1. The molecule has 1 aliphatic heterocycles. The molecule has 0 aliphatic carbocycles. The lowest BCUT2D eigenvalue weighted by Gasteiger charge is -2.17. The molecule has 4 aromatic rings. The zero-order valence-corrected chi connectivity index (χ0v) is 16.7. The summed E-state index contributed by atoms with van der Waals surface area (Å²) in [6.07, 6.45) is -0.160. The monoisotopic (exact) mass is 429 g/mol. The third-order valence-corrected chi connectivity index (χ3v) is 5.72. The van der Waals surface area contributed by atoms with Gasteiger partial charge in [0.25, 0.3) is 5.92 Å². The van der Waals surface area contributed by atoms with Crippen LogP contribution in [-0.4, -0.2) is 40.0 Å². The van der Waals surface area contributed by atoms with Crippen molar-refractivity contribution in [3.05, 3.63) is 64.0 Å². The van der Waals surface area contributed by atoms with Gasteiger partial charge in [0, 0.05) is 42.0 Å². The quantitative estimate of drug-likeness (QED) is 0.467. The van der Waals surface area contributed by atoms with E-state index in [-0.39, 0.29) is 19.5 Å². The summed E-state index contributed by atoms with van der Waals surface area (Å²) in [6.45, 7) is 0.565. The normalized spacial score (nSPS) is 16.6. The summed E-state index contributed by atoms with van der Waals surface area (Å²) in [7, 11) is 0. The van der Waals surface area contributed by atoms with E-state index in [1.807, 2.05) is 30.3 Å². The maximum absolute atomic E-state index is 13.5. The van der Waals surface area contributed by atoms with Crippen molar-refractivity contribution in [2.24, 2.45) is 0 Å². The Morgan fingerprint density at radius 2 is 1.93 bits per heavy atom. The van der Waals surface area contributed by atoms with Crippen LogP contribution < -0.4 is 5.69 Å². The highest BCUT2D eigenvalue weighted by atomic mass is 35.5. The average Bonchev–Trinajstić information content (AvgIpc) is 3.27. The van der Waals surface area contributed by atoms with E-state index in [1.165, 1.54) is 4.57 Å². The van der Waals surface area contributed by atoms with E-state index < -0.39 is 11.6 Å². The fourth-order valence-electron chi connectivity index (χ4n) is 4.03.